The van der Waals surface area contributed by atoms with Gasteiger partial charge in [0.05, 0.1) is 22.4 Å². The first kappa shape index (κ1) is 15.6. The van der Waals surface area contributed by atoms with Crippen molar-refractivity contribution >= 4 is 40.3 Å². The van der Waals surface area contributed by atoms with Crippen LogP contribution in [0.3, 0.4) is 0 Å². The fourth-order valence-corrected chi connectivity index (χ4v) is 3.42. The monoisotopic (exact) mass is 339 g/mol. The summed E-state index contributed by atoms with van der Waals surface area (Å²) in [5.74, 6) is -0.000937. The summed E-state index contributed by atoms with van der Waals surface area (Å²) in [6.45, 7) is 3.25. The second kappa shape index (κ2) is 6.89. The topological polar surface area (TPSA) is 67.0 Å². The predicted octanol–water partition coefficient (Wildman–Crippen LogP) is 2.99. The Morgan fingerprint density at radius 2 is 2.50 bits per heavy atom. The van der Waals surface area contributed by atoms with Gasteiger partial charge in [-0.05, 0) is 38.0 Å². The van der Waals surface area contributed by atoms with E-state index in [9.17, 15) is 4.79 Å². The van der Waals surface area contributed by atoms with Crippen LogP contribution in [-0.2, 0) is 9.53 Å². The third-order valence-corrected chi connectivity index (χ3v) is 4.83. The number of amides is 1. The number of H-pyrrole nitrogens is 1. The van der Waals surface area contributed by atoms with Crippen LogP contribution in [0.25, 0.3) is 11.0 Å². The molecule has 2 aromatic rings. The van der Waals surface area contributed by atoms with Crippen molar-refractivity contribution < 1.29 is 9.53 Å². The van der Waals surface area contributed by atoms with Gasteiger partial charge >= 0.3 is 0 Å². The fourth-order valence-electron chi connectivity index (χ4n) is 2.40. The molecule has 2 N–H and O–H groups in total. The maximum Gasteiger partial charge on any atom is 0.233 e. The van der Waals surface area contributed by atoms with Gasteiger partial charge in [0.2, 0.25) is 5.91 Å². The zero-order valence-corrected chi connectivity index (χ0v) is 13.8. The van der Waals surface area contributed by atoms with Crippen molar-refractivity contribution in [3.05, 3.63) is 23.2 Å². The Balaban J connectivity index is 1.57. The predicted molar refractivity (Wildman–Crippen MR) is 88.4 cm³/mol. The average Bonchev–Trinajstić information content (AvgIpc) is 3.12. The Labute approximate surface area is 138 Å². The fraction of sp³-hybridized carbons (Fsp3) is 0.467. The third kappa shape index (κ3) is 3.74. The number of benzene rings is 1. The number of halogens is 1. The Kier molecular flexibility index (Phi) is 4.90. The number of thioether (sulfide) groups is 1. The number of rotatable bonds is 5. The normalized spacial score (nSPS) is 19.5. The lowest BCUT2D eigenvalue weighted by molar-refractivity contribution is -0.120. The van der Waals surface area contributed by atoms with E-state index >= 15 is 0 Å². The third-order valence-electron chi connectivity index (χ3n) is 3.61. The summed E-state index contributed by atoms with van der Waals surface area (Å²) in [6.07, 6.45) is 2.26. The molecule has 0 saturated carbocycles. The number of carbonyl (C=O) groups excluding carboxylic acids is 1. The zero-order chi connectivity index (χ0) is 15.5. The van der Waals surface area contributed by atoms with Crippen LogP contribution in [-0.4, -0.2) is 40.4 Å². The summed E-state index contributed by atoms with van der Waals surface area (Å²) >= 11 is 7.36. The Bertz CT molecular complexity index is 670. The lowest BCUT2D eigenvalue weighted by Gasteiger charge is -2.13. The van der Waals surface area contributed by atoms with Gasteiger partial charge in [-0.15, -0.1) is 0 Å². The zero-order valence-electron chi connectivity index (χ0n) is 12.3. The SMILES string of the molecule is CC(Sc1nc2ccc(Cl)cc2[nH]1)C(=O)NCC1CCCO1. The van der Waals surface area contributed by atoms with Crippen molar-refractivity contribution in [2.45, 2.75) is 36.3 Å². The Morgan fingerprint density at radius 3 is 3.27 bits per heavy atom. The number of fused-ring (bicyclic) bond motifs is 1. The number of nitrogens with zero attached hydrogens (tertiary/aromatic N) is 1. The standard InChI is InChI=1S/C15H18ClN3O2S/c1-9(14(20)17-8-11-3-2-6-21-11)22-15-18-12-5-4-10(16)7-13(12)19-15/h4-5,7,9,11H,2-3,6,8H2,1H3,(H,17,20)(H,18,19). The van der Waals surface area contributed by atoms with Crippen molar-refractivity contribution in [2.24, 2.45) is 0 Å². The van der Waals surface area contributed by atoms with E-state index < -0.39 is 0 Å². The maximum absolute atomic E-state index is 12.1. The largest absolute Gasteiger partial charge is 0.376 e. The number of hydrogen-bond acceptors (Lipinski definition) is 4. The highest BCUT2D eigenvalue weighted by Crippen LogP contribution is 2.25. The van der Waals surface area contributed by atoms with Gasteiger partial charge in [0.1, 0.15) is 0 Å². The van der Waals surface area contributed by atoms with Crippen molar-refractivity contribution in [1.82, 2.24) is 15.3 Å². The molecule has 22 heavy (non-hydrogen) atoms. The van der Waals surface area contributed by atoms with Crippen molar-refractivity contribution in [3.63, 3.8) is 0 Å². The van der Waals surface area contributed by atoms with Crippen molar-refractivity contribution in [1.29, 1.82) is 0 Å². The molecule has 1 fully saturated rings. The summed E-state index contributed by atoms with van der Waals surface area (Å²) in [6, 6.07) is 5.49. The second-order valence-electron chi connectivity index (χ2n) is 5.34. The van der Waals surface area contributed by atoms with E-state index in [1.54, 1.807) is 6.07 Å². The number of carbonyl (C=O) groups is 1. The molecule has 118 valence electrons. The number of ether oxygens (including phenoxy) is 1. The molecule has 2 unspecified atom stereocenters. The van der Waals surface area contributed by atoms with Crippen LogP contribution in [0.5, 0.6) is 0 Å². The minimum absolute atomic E-state index is 0.000937. The van der Waals surface area contributed by atoms with Gasteiger partial charge in [-0.1, -0.05) is 23.4 Å². The van der Waals surface area contributed by atoms with Gasteiger partial charge in [0.15, 0.2) is 5.16 Å². The summed E-state index contributed by atoms with van der Waals surface area (Å²) in [5.41, 5.74) is 1.72. The highest BCUT2D eigenvalue weighted by atomic mass is 35.5. The molecule has 1 aliphatic heterocycles. The molecule has 1 aromatic carbocycles. The van der Waals surface area contributed by atoms with Crippen LogP contribution in [0.15, 0.2) is 23.4 Å². The van der Waals surface area contributed by atoms with E-state index in [0.29, 0.717) is 11.6 Å². The summed E-state index contributed by atoms with van der Waals surface area (Å²) in [7, 11) is 0. The molecule has 1 saturated heterocycles. The van der Waals surface area contributed by atoms with E-state index in [4.69, 9.17) is 16.3 Å². The smallest absolute Gasteiger partial charge is 0.233 e. The number of aromatic amines is 1. The van der Waals surface area contributed by atoms with Crippen LogP contribution in [0.2, 0.25) is 5.02 Å². The molecule has 1 amide bonds. The number of imidazole rings is 1. The minimum Gasteiger partial charge on any atom is -0.376 e. The van der Waals surface area contributed by atoms with E-state index in [-0.39, 0.29) is 17.3 Å². The maximum atomic E-state index is 12.1. The molecule has 0 radical (unpaired) electrons. The van der Waals surface area contributed by atoms with Gasteiger partial charge in [-0.25, -0.2) is 4.98 Å². The first-order valence-electron chi connectivity index (χ1n) is 7.33. The molecule has 3 rings (SSSR count). The van der Waals surface area contributed by atoms with Crippen molar-refractivity contribution in [3.8, 4) is 0 Å². The Morgan fingerprint density at radius 1 is 1.64 bits per heavy atom. The molecule has 2 heterocycles. The van der Waals surface area contributed by atoms with Gasteiger partial charge in [-0.3, -0.25) is 4.79 Å². The summed E-state index contributed by atoms with van der Waals surface area (Å²) in [4.78, 5) is 19.8. The molecule has 1 aromatic heterocycles. The van der Waals surface area contributed by atoms with Crippen LogP contribution >= 0.6 is 23.4 Å². The molecule has 5 nitrogen and oxygen atoms in total. The van der Waals surface area contributed by atoms with E-state index in [1.807, 2.05) is 19.1 Å². The molecule has 2 atom stereocenters. The van der Waals surface area contributed by atoms with E-state index in [1.165, 1.54) is 11.8 Å². The molecule has 0 spiro atoms. The summed E-state index contributed by atoms with van der Waals surface area (Å²) < 4.78 is 5.50. The van der Waals surface area contributed by atoms with Crippen LogP contribution < -0.4 is 5.32 Å². The number of hydrogen-bond donors (Lipinski definition) is 2. The van der Waals surface area contributed by atoms with Gasteiger partial charge < -0.3 is 15.0 Å². The van der Waals surface area contributed by atoms with Gasteiger partial charge in [0, 0.05) is 18.2 Å². The highest BCUT2D eigenvalue weighted by Gasteiger charge is 2.20. The number of aromatic nitrogens is 2. The highest BCUT2D eigenvalue weighted by molar-refractivity contribution is 8.00. The first-order valence-corrected chi connectivity index (χ1v) is 8.59. The minimum atomic E-state index is -0.225. The molecular weight excluding hydrogens is 322 g/mol. The lowest BCUT2D eigenvalue weighted by Crippen LogP contribution is -2.36. The van der Waals surface area contributed by atoms with Crippen LogP contribution in [0.4, 0.5) is 0 Å². The first-order chi connectivity index (χ1) is 10.6. The molecule has 0 bridgehead atoms. The van der Waals surface area contributed by atoms with Gasteiger partial charge in [0.25, 0.3) is 0 Å². The van der Waals surface area contributed by atoms with Crippen LogP contribution in [0, 0.1) is 0 Å². The molecule has 7 heteroatoms. The Hall–Kier alpha value is -1.24. The van der Waals surface area contributed by atoms with E-state index in [2.05, 4.69) is 15.3 Å². The van der Waals surface area contributed by atoms with E-state index in [0.717, 1.165) is 35.6 Å². The van der Waals surface area contributed by atoms with Gasteiger partial charge in [-0.2, -0.15) is 0 Å². The quantitative estimate of drug-likeness (QED) is 0.822. The molecule has 0 aliphatic carbocycles. The second-order valence-corrected chi connectivity index (χ2v) is 7.11. The van der Waals surface area contributed by atoms with Crippen molar-refractivity contribution in [2.75, 3.05) is 13.2 Å². The van der Waals surface area contributed by atoms with Crippen LogP contribution in [0.1, 0.15) is 19.8 Å². The lowest BCUT2D eigenvalue weighted by atomic mass is 10.2. The molecule has 1 aliphatic rings. The summed E-state index contributed by atoms with van der Waals surface area (Å²) in [5, 5.41) is 4.10. The number of nitrogens with one attached hydrogen (secondary N) is 2. The average molecular weight is 340 g/mol. The molecular formula is C15H18ClN3O2S.